The highest BCUT2D eigenvalue weighted by Crippen LogP contribution is 2.43. The number of pyridine rings is 3. The van der Waals surface area contributed by atoms with Gasteiger partial charge in [0, 0.05) is 72.6 Å². The SMILES string of the molecule is COc1cc(-c2cn(C(C)OP(=O)(O)O)c3ncc(-c4cncc(N(C)C(=O)C=CCN(C)C)c4)cc23)ccn1. The van der Waals surface area contributed by atoms with Gasteiger partial charge < -0.3 is 28.9 Å². The van der Waals surface area contributed by atoms with Gasteiger partial charge in [0.1, 0.15) is 11.9 Å². The second kappa shape index (κ2) is 12.1. The third-order valence-electron chi connectivity index (χ3n) is 6.11. The maximum atomic E-state index is 12.7. The first kappa shape index (κ1) is 29.1. The quantitative estimate of drug-likeness (QED) is 0.214. The summed E-state index contributed by atoms with van der Waals surface area (Å²) in [5.74, 6) is 0.227. The molecule has 210 valence electrons. The van der Waals surface area contributed by atoms with Crippen molar-refractivity contribution < 1.29 is 28.4 Å². The highest BCUT2D eigenvalue weighted by atomic mass is 31.2. The first-order valence-corrected chi connectivity index (χ1v) is 13.8. The molecule has 1 amide bonds. The van der Waals surface area contributed by atoms with Gasteiger partial charge in [-0.25, -0.2) is 14.5 Å². The first-order chi connectivity index (χ1) is 19.0. The van der Waals surface area contributed by atoms with Crippen LogP contribution in [0.4, 0.5) is 5.69 Å². The van der Waals surface area contributed by atoms with Crippen LogP contribution in [0.3, 0.4) is 0 Å². The number of hydrogen-bond donors (Lipinski definition) is 2. The van der Waals surface area contributed by atoms with Crippen molar-refractivity contribution in [2.75, 3.05) is 39.7 Å². The average molecular weight is 567 g/mol. The van der Waals surface area contributed by atoms with Crippen molar-refractivity contribution in [1.82, 2.24) is 24.4 Å². The summed E-state index contributed by atoms with van der Waals surface area (Å²) in [7, 11) is 2.29. The van der Waals surface area contributed by atoms with Gasteiger partial charge in [-0.15, -0.1) is 0 Å². The molecule has 4 aromatic heterocycles. The maximum Gasteiger partial charge on any atom is 0.471 e. The fourth-order valence-corrected chi connectivity index (χ4v) is 4.61. The maximum absolute atomic E-state index is 12.7. The molecule has 0 aromatic carbocycles. The summed E-state index contributed by atoms with van der Waals surface area (Å²) in [5, 5.41) is 0.702. The van der Waals surface area contributed by atoms with Crippen molar-refractivity contribution in [1.29, 1.82) is 0 Å². The number of carbonyl (C=O) groups is 1. The molecule has 0 radical (unpaired) electrons. The molecule has 12 nitrogen and oxygen atoms in total. The van der Waals surface area contributed by atoms with Crippen LogP contribution in [0, 0.1) is 0 Å². The summed E-state index contributed by atoms with van der Waals surface area (Å²) in [4.78, 5) is 48.0. The molecule has 13 heteroatoms. The predicted octanol–water partition coefficient (Wildman–Crippen LogP) is 3.88. The minimum atomic E-state index is -4.76. The molecule has 0 saturated heterocycles. The number of rotatable bonds is 10. The van der Waals surface area contributed by atoms with Crippen LogP contribution < -0.4 is 9.64 Å². The van der Waals surface area contributed by atoms with E-state index in [9.17, 15) is 19.1 Å². The second-order valence-electron chi connectivity index (χ2n) is 9.32. The summed E-state index contributed by atoms with van der Waals surface area (Å²) in [5.41, 5.74) is 4.02. The third-order valence-corrected chi connectivity index (χ3v) is 6.69. The predicted molar refractivity (Wildman–Crippen MR) is 152 cm³/mol. The molecule has 0 aliphatic carbocycles. The lowest BCUT2D eigenvalue weighted by molar-refractivity contribution is -0.113. The Hall–Kier alpha value is -3.93. The summed E-state index contributed by atoms with van der Waals surface area (Å²) < 4.78 is 23.3. The van der Waals surface area contributed by atoms with Gasteiger partial charge in [-0.05, 0) is 44.8 Å². The van der Waals surface area contributed by atoms with Crippen molar-refractivity contribution in [3.63, 3.8) is 0 Å². The molecule has 40 heavy (non-hydrogen) atoms. The third kappa shape index (κ3) is 6.79. The van der Waals surface area contributed by atoms with Gasteiger partial charge in [0.25, 0.3) is 0 Å². The number of nitrogens with zero attached hydrogens (tertiary/aromatic N) is 6. The second-order valence-corrected chi connectivity index (χ2v) is 10.5. The first-order valence-electron chi connectivity index (χ1n) is 12.3. The number of ether oxygens (including phenoxy) is 1. The van der Waals surface area contributed by atoms with Crippen molar-refractivity contribution in [2.24, 2.45) is 0 Å². The Morgan fingerprint density at radius 3 is 2.55 bits per heavy atom. The Morgan fingerprint density at radius 1 is 1.10 bits per heavy atom. The number of aromatic nitrogens is 4. The molecule has 4 aromatic rings. The fraction of sp³-hybridized carbons (Fsp3) is 0.259. The lowest BCUT2D eigenvalue weighted by atomic mass is 10.0. The van der Waals surface area contributed by atoms with Gasteiger partial charge in [0.2, 0.25) is 11.8 Å². The van der Waals surface area contributed by atoms with Crippen LogP contribution in [-0.2, 0) is 13.9 Å². The van der Waals surface area contributed by atoms with Crippen LogP contribution in [0.25, 0.3) is 33.3 Å². The van der Waals surface area contributed by atoms with Gasteiger partial charge in [0.15, 0.2) is 0 Å². The van der Waals surface area contributed by atoms with Gasteiger partial charge in [-0.2, -0.15) is 0 Å². The molecular weight excluding hydrogens is 535 g/mol. The molecular formula is C27H31N6O6P. The molecule has 2 N–H and O–H groups in total. The van der Waals surface area contributed by atoms with Crippen LogP contribution in [0.1, 0.15) is 13.2 Å². The van der Waals surface area contributed by atoms with E-state index >= 15 is 0 Å². The molecule has 0 aliphatic heterocycles. The largest absolute Gasteiger partial charge is 0.481 e. The zero-order chi connectivity index (χ0) is 29.0. The summed E-state index contributed by atoms with van der Waals surface area (Å²) >= 11 is 0. The van der Waals surface area contributed by atoms with E-state index in [2.05, 4.69) is 15.0 Å². The number of phosphoric acid groups is 1. The van der Waals surface area contributed by atoms with E-state index in [0.29, 0.717) is 29.1 Å². The monoisotopic (exact) mass is 566 g/mol. The van der Waals surface area contributed by atoms with Crippen LogP contribution in [-0.4, -0.2) is 74.9 Å². The Morgan fingerprint density at radius 2 is 1.85 bits per heavy atom. The average Bonchev–Trinajstić information content (AvgIpc) is 3.31. The van der Waals surface area contributed by atoms with Crippen molar-refractivity contribution in [3.8, 4) is 28.1 Å². The number of hydrogen-bond acceptors (Lipinski definition) is 8. The lowest BCUT2D eigenvalue weighted by Crippen LogP contribution is -2.24. The number of phosphoric ester groups is 1. The number of likely N-dealkylation sites (N-methyl/N-ethyl adjacent to an activating group) is 2. The molecule has 0 bridgehead atoms. The normalized spacial score (nSPS) is 12.8. The van der Waals surface area contributed by atoms with Gasteiger partial charge in [-0.1, -0.05) is 6.08 Å². The highest BCUT2D eigenvalue weighted by molar-refractivity contribution is 7.46. The Bertz CT molecular complexity index is 1600. The van der Waals surface area contributed by atoms with Crippen molar-refractivity contribution in [3.05, 3.63) is 67.4 Å². The fourth-order valence-electron chi connectivity index (χ4n) is 4.11. The topological polar surface area (TPSA) is 143 Å². The smallest absolute Gasteiger partial charge is 0.471 e. The zero-order valence-electron chi connectivity index (χ0n) is 22.8. The Balaban J connectivity index is 1.78. The summed E-state index contributed by atoms with van der Waals surface area (Å²) in [6, 6.07) is 7.31. The van der Waals surface area contributed by atoms with Crippen LogP contribution in [0.15, 0.2) is 67.4 Å². The number of fused-ring (bicyclic) bond motifs is 1. The zero-order valence-corrected chi connectivity index (χ0v) is 23.7. The minimum absolute atomic E-state index is 0.181. The van der Waals surface area contributed by atoms with Gasteiger partial charge in [-0.3, -0.25) is 14.3 Å². The number of amides is 1. The summed E-state index contributed by atoms with van der Waals surface area (Å²) in [6.45, 7) is 2.17. The van der Waals surface area contributed by atoms with Gasteiger partial charge in [0.05, 0.1) is 19.0 Å². The molecule has 0 spiro atoms. The number of anilines is 1. The number of carbonyl (C=O) groups excluding carboxylic acids is 1. The Labute approximate surface area is 231 Å². The molecule has 0 fully saturated rings. The lowest BCUT2D eigenvalue weighted by Gasteiger charge is -2.17. The van der Waals surface area contributed by atoms with Crippen LogP contribution in [0.2, 0.25) is 0 Å². The molecule has 4 rings (SSSR count). The molecule has 0 aliphatic rings. The van der Waals surface area contributed by atoms with E-state index < -0.39 is 14.1 Å². The number of methoxy groups -OCH3 is 1. The van der Waals surface area contributed by atoms with Crippen molar-refractivity contribution in [2.45, 2.75) is 13.2 Å². The van der Waals surface area contributed by atoms with Gasteiger partial charge >= 0.3 is 7.82 Å². The van der Waals surface area contributed by atoms with E-state index in [4.69, 9.17) is 9.26 Å². The van der Waals surface area contributed by atoms with Crippen LogP contribution in [0.5, 0.6) is 5.88 Å². The van der Waals surface area contributed by atoms with Crippen LogP contribution >= 0.6 is 7.82 Å². The van der Waals surface area contributed by atoms with E-state index in [1.54, 1.807) is 60.8 Å². The molecule has 0 saturated carbocycles. The molecule has 1 atom stereocenters. The van der Waals surface area contributed by atoms with Crippen molar-refractivity contribution >= 4 is 30.5 Å². The molecule has 1 unspecified atom stereocenters. The Kier molecular flexibility index (Phi) is 8.77. The van der Waals surface area contributed by atoms with E-state index in [1.165, 1.54) is 25.0 Å². The minimum Gasteiger partial charge on any atom is -0.481 e. The highest BCUT2D eigenvalue weighted by Gasteiger charge is 2.24. The molecule has 4 heterocycles. The van der Waals surface area contributed by atoms with E-state index in [0.717, 1.165) is 22.3 Å². The van der Waals surface area contributed by atoms with E-state index in [-0.39, 0.29) is 5.91 Å². The van der Waals surface area contributed by atoms with E-state index in [1.807, 2.05) is 31.1 Å². The standard InChI is InChI=1S/C27H31N6O6P/c1-18(39-40(35,36)37)33-17-24(19-8-9-29-25(13-19)38-5)23-12-21(15-30-27(23)33)20-11-22(16-28-14-20)32(4)26(34)7-6-10-31(2)3/h6-9,11-18H,10H2,1-5H3,(H2,35,36,37). The summed E-state index contributed by atoms with van der Waals surface area (Å²) in [6.07, 6.45) is 10.6.